The molecule has 112 valence electrons. The summed E-state index contributed by atoms with van der Waals surface area (Å²) in [5, 5.41) is 13.3. The third-order valence-corrected chi connectivity index (χ3v) is 4.29. The molecule has 0 saturated carbocycles. The van der Waals surface area contributed by atoms with Gasteiger partial charge in [0.15, 0.2) is 0 Å². The van der Waals surface area contributed by atoms with Gasteiger partial charge in [-0.25, -0.2) is 4.79 Å². The van der Waals surface area contributed by atoms with E-state index in [0.29, 0.717) is 23.8 Å². The van der Waals surface area contributed by atoms with E-state index in [2.05, 4.69) is 5.32 Å². The smallest absolute Gasteiger partial charge is 0.345 e. The summed E-state index contributed by atoms with van der Waals surface area (Å²) in [5.74, 6) is -0.694. The molecule has 0 atom stereocenters. The number of hydrogen-bond acceptors (Lipinski definition) is 5. The Morgan fingerprint density at radius 3 is 2.85 bits per heavy atom. The van der Waals surface area contributed by atoms with Crippen molar-refractivity contribution in [1.29, 1.82) is 0 Å². The van der Waals surface area contributed by atoms with Crippen molar-refractivity contribution in [3.63, 3.8) is 0 Å². The van der Waals surface area contributed by atoms with Gasteiger partial charge in [0.25, 0.3) is 0 Å². The lowest BCUT2D eigenvalue weighted by Gasteiger charge is -2.08. The number of hydrogen-bond donors (Lipinski definition) is 2. The van der Waals surface area contributed by atoms with Crippen LogP contribution in [-0.4, -0.2) is 42.0 Å². The molecule has 0 radical (unpaired) electrons. The Kier molecular flexibility index (Phi) is 7.64. The van der Waals surface area contributed by atoms with Crippen molar-refractivity contribution in [2.45, 2.75) is 31.3 Å². The summed E-state index contributed by atoms with van der Waals surface area (Å²) in [7, 11) is 0. The van der Waals surface area contributed by atoms with Crippen molar-refractivity contribution < 1.29 is 19.4 Å². The number of thiophene rings is 1. The third-order valence-electron chi connectivity index (χ3n) is 2.25. The summed E-state index contributed by atoms with van der Waals surface area (Å²) in [6, 6.07) is 1.58. The molecule has 0 aliphatic carbocycles. The van der Waals surface area contributed by atoms with E-state index in [1.54, 1.807) is 11.4 Å². The highest BCUT2D eigenvalue weighted by Gasteiger charge is 2.08. The van der Waals surface area contributed by atoms with Crippen LogP contribution in [0.3, 0.4) is 0 Å². The summed E-state index contributed by atoms with van der Waals surface area (Å²) in [6.07, 6.45) is 0.999. The van der Waals surface area contributed by atoms with E-state index in [0.717, 1.165) is 11.3 Å². The zero-order valence-corrected chi connectivity index (χ0v) is 13.2. The number of amides is 1. The van der Waals surface area contributed by atoms with Crippen molar-refractivity contribution >= 4 is 35.0 Å². The van der Waals surface area contributed by atoms with Gasteiger partial charge in [0, 0.05) is 23.4 Å². The third kappa shape index (κ3) is 6.93. The van der Waals surface area contributed by atoms with Gasteiger partial charge in [-0.3, -0.25) is 4.79 Å². The molecule has 0 bridgehead atoms. The Bertz CT molecular complexity index is 445. The average Bonchev–Trinajstić information content (AvgIpc) is 2.84. The normalized spacial score (nSPS) is 10.8. The molecule has 0 aromatic carbocycles. The molecule has 0 spiro atoms. The highest BCUT2D eigenvalue weighted by atomic mass is 32.2. The van der Waals surface area contributed by atoms with Crippen LogP contribution in [0.2, 0.25) is 0 Å². The fourth-order valence-electron chi connectivity index (χ4n) is 1.33. The van der Waals surface area contributed by atoms with Gasteiger partial charge in [-0.1, -0.05) is 0 Å². The van der Waals surface area contributed by atoms with Gasteiger partial charge in [0.2, 0.25) is 5.91 Å². The van der Waals surface area contributed by atoms with E-state index in [4.69, 9.17) is 9.84 Å². The quantitative estimate of drug-likeness (QED) is 0.540. The first-order chi connectivity index (χ1) is 9.49. The lowest BCUT2D eigenvalue weighted by molar-refractivity contribution is -0.118. The Labute approximate surface area is 126 Å². The minimum absolute atomic E-state index is 0.0531. The van der Waals surface area contributed by atoms with Gasteiger partial charge in [-0.05, 0) is 26.3 Å². The summed E-state index contributed by atoms with van der Waals surface area (Å²) in [4.78, 5) is 23.4. The van der Waals surface area contributed by atoms with Crippen molar-refractivity contribution in [2.75, 3.05) is 18.9 Å². The summed E-state index contributed by atoms with van der Waals surface area (Å²) in [5.41, 5.74) is 0. The van der Waals surface area contributed by atoms with Crippen molar-refractivity contribution in [1.82, 2.24) is 5.32 Å². The van der Waals surface area contributed by atoms with Gasteiger partial charge in [-0.2, -0.15) is 0 Å². The Hall–Kier alpha value is -1.05. The highest BCUT2D eigenvalue weighted by molar-refractivity contribution is 8.00. The van der Waals surface area contributed by atoms with Crippen LogP contribution >= 0.6 is 23.1 Å². The number of thioether (sulfide) groups is 1. The molecule has 7 heteroatoms. The van der Waals surface area contributed by atoms with Gasteiger partial charge in [-0.15, -0.1) is 23.1 Å². The van der Waals surface area contributed by atoms with Crippen LogP contribution in [0, 0.1) is 0 Å². The number of carboxylic acids is 1. The molecule has 0 fully saturated rings. The first-order valence-electron chi connectivity index (χ1n) is 6.32. The second-order valence-corrected chi connectivity index (χ2v) is 6.32. The predicted molar refractivity (Wildman–Crippen MR) is 80.7 cm³/mol. The lowest BCUT2D eigenvalue weighted by atomic mass is 10.4. The maximum Gasteiger partial charge on any atom is 0.345 e. The Morgan fingerprint density at radius 2 is 2.25 bits per heavy atom. The van der Waals surface area contributed by atoms with Crippen LogP contribution in [0.4, 0.5) is 0 Å². The van der Waals surface area contributed by atoms with Crippen LogP contribution in [0.15, 0.2) is 16.3 Å². The predicted octanol–water partition coefficient (Wildman–Crippen LogP) is 2.47. The van der Waals surface area contributed by atoms with E-state index in [-0.39, 0.29) is 12.0 Å². The number of carboxylic acid groups (broad SMARTS) is 1. The van der Waals surface area contributed by atoms with Crippen LogP contribution in [0.1, 0.15) is 29.9 Å². The van der Waals surface area contributed by atoms with E-state index in [9.17, 15) is 9.59 Å². The second-order valence-electron chi connectivity index (χ2n) is 4.36. The zero-order valence-electron chi connectivity index (χ0n) is 11.5. The topological polar surface area (TPSA) is 75.6 Å². The molecule has 1 amide bonds. The van der Waals surface area contributed by atoms with Crippen LogP contribution in [0.25, 0.3) is 0 Å². The molecule has 5 nitrogen and oxygen atoms in total. The molecule has 2 N–H and O–H groups in total. The van der Waals surface area contributed by atoms with Crippen molar-refractivity contribution in [2.24, 2.45) is 0 Å². The minimum Gasteiger partial charge on any atom is -0.477 e. The molecule has 0 aliphatic rings. The van der Waals surface area contributed by atoms with Crippen molar-refractivity contribution in [3.05, 3.63) is 16.3 Å². The van der Waals surface area contributed by atoms with E-state index in [1.165, 1.54) is 23.1 Å². The number of carbonyl (C=O) groups excluding carboxylic acids is 1. The van der Waals surface area contributed by atoms with Crippen LogP contribution in [-0.2, 0) is 9.53 Å². The second kappa shape index (κ2) is 8.99. The Morgan fingerprint density at radius 1 is 1.50 bits per heavy atom. The van der Waals surface area contributed by atoms with E-state index in [1.807, 2.05) is 13.8 Å². The molecule has 1 aromatic rings. The number of ether oxygens (including phenoxy) is 1. The summed E-state index contributed by atoms with van der Waals surface area (Å²) < 4.78 is 5.37. The molecule has 1 rings (SSSR count). The van der Waals surface area contributed by atoms with Crippen molar-refractivity contribution in [3.8, 4) is 0 Å². The number of rotatable bonds is 9. The SMILES string of the molecule is CC(C)OCCCNC(=O)CSc1csc(C(=O)O)c1. The first kappa shape index (κ1) is 17.0. The van der Waals surface area contributed by atoms with Crippen LogP contribution < -0.4 is 5.32 Å². The largest absolute Gasteiger partial charge is 0.477 e. The molecule has 0 unspecified atom stereocenters. The molecule has 0 aliphatic heterocycles. The maximum atomic E-state index is 11.6. The average molecular weight is 317 g/mol. The Balaban J connectivity index is 2.14. The van der Waals surface area contributed by atoms with E-state index >= 15 is 0 Å². The first-order valence-corrected chi connectivity index (χ1v) is 8.18. The standard InChI is InChI=1S/C13H19NO4S2/c1-9(2)18-5-3-4-14-12(15)8-19-10-6-11(13(16)17)20-7-10/h6-7,9H,3-5,8H2,1-2H3,(H,14,15)(H,16,17). The highest BCUT2D eigenvalue weighted by Crippen LogP contribution is 2.24. The fraction of sp³-hybridized carbons (Fsp3) is 0.538. The number of aromatic carboxylic acids is 1. The minimum atomic E-state index is -0.934. The number of carbonyl (C=O) groups is 2. The molecular weight excluding hydrogens is 298 g/mol. The monoisotopic (exact) mass is 317 g/mol. The summed E-state index contributed by atoms with van der Waals surface area (Å²) in [6.45, 7) is 5.18. The summed E-state index contributed by atoms with van der Waals surface area (Å²) >= 11 is 2.51. The molecule has 0 saturated heterocycles. The van der Waals surface area contributed by atoms with Gasteiger partial charge in [0.05, 0.1) is 11.9 Å². The fourth-order valence-corrected chi connectivity index (χ4v) is 3.02. The van der Waals surface area contributed by atoms with Gasteiger partial charge in [0.1, 0.15) is 4.88 Å². The van der Waals surface area contributed by atoms with Gasteiger partial charge < -0.3 is 15.2 Å². The molecule has 1 aromatic heterocycles. The number of nitrogens with one attached hydrogen (secondary N) is 1. The maximum absolute atomic E-state index is 11.6. The van der Waals surface area contributed by atoms with Crippen LogP contribution in [0.5, 0.6) is 0 Å². The van der Waals surface area contributed by atoms with E-state index < -0.39 is 5.97 Å². The molecular formula is C13H19NO4S2. The molecule has 1 heterocycles. The zero-order chi connectivity index (χ0) is 15.0. The lowest BCUT2D eigenvalue weighted by Crippen LogP contribution is -2.27. The molecule has 20 heavy (non-hydrogen) atoms. The van der Waals surface area contributed by atoms with Gasteiger partial charge >= 0.3 is 5.97 Å².